The molecule has 0 aromatic heterocycles. The third-order valence-corrected chi connectivity index (χ3v) is 1.43. The third-order valence-electron chi connectivity index (χ3n) is 1.43. The van der Waals surface area contributed by atoms with E-state index in [2.05, 4.69) is 10.2 Å². The molecule has 0 aliphatic rings. The first-order valence-electron chi connectivity index (χ1n) is 4.46. The predicted octanol–water partition coefficient (Wildman–Crippen LogP) is 1.68. The fourth-order valence-electron chi connectivity index (χ4n) is 0.786. The van der Waals surface area contributed by atoms with Gasteiger partial charge in [-0.25, -0.2) is 0 Å². The van der Waals surface area contributed by atoms with Crippen LogP contribution in [0, 0.1) is 0 Å². The standard InChI is InChI=1S/C8H18N2O2/c1-3-5-7(11)9-10-8(12)6-4-2/h7-8,11-12H,3-6H2,1-2H3/b10-9+. The lowest BCUT2D eigenvalue weighted by atomic mass is 10.3. The average Bonchev–Trinajstić information content (AvgIpc) is 2.02. The van der Waals surface area contributed by atoms with E-state index < -0.39 is 12.5 Å². The van der Waals surface area contributed by atoms with Gasteiger partial charge in [-0.15, -0.1) is 0 Å². The summed E-state index contributed by atoms with van der Waals surface area (Å²) in [5, 5.41) is 25.3. The third kappa shape index (κ3) is 6.24. The van der Waals surface area contributed by atoms with Gasteiger partial charge in [-0.2, -0.15) is 10.2 Å². The van der Waals surface area contributed by atoms with E-state index in [9.17, 15) is 0 Å². The number of nitrogens with zero attached hydrogens (tertiary/aromatic N) is 2. The summed E-state index contributed by atoms with van der Waals surface area (Å²) in [4.78, 5) is 0. The van der Waals surface area contributed by atoms with Crippen LogP contribution >= 0.6 is 0 Å². The molecule has 2 unspecified atom stereocenters. The second-order valence-corrected chi connectivity index (χ2v) is 2.77. The fourth-order valence-corrected chi connectivity index (χ4v) is 0.786. The Morgan fingerprint density at radius 1 is 0.917 bits per heavy atom. The number of hydrogen-bond donors (Lipinski definition) is 2. The van der Waals surface area contributed by atoms with Gasteiger partial charge in [0.25, 0.3) is 0 Å². The molecule has 2 N–H and O–H groups in total. The molecule has 0 aromatic rings. The Balaban J connectivity index is 3.57. The Bertz CT molecular complexity index is 114. The van der Waals surface area contributed by atoms with Crippen molar-refractivity contribution < 1.29 is 10.2 Å². The van der Waals surface area contributed by atoms with Gasteiger partial charge in [0.05, 0.1) is 0 Å². The maximum absolute atomic E-state index is 9.09. The van der Waals surface area contributed by atoms with Gasteiger partial charge in [-0.3, -0.25) is 0 Å². The Morgan fingerprint density at radius 3 is 1.50 bits per heavy atom. The van der Waals surface area contributed by atoms with Crippen molar-refractivity contribution in [2.75, 3.05) is 0 Å². The van der Waals surface area contributed by atoms with E-state index in [1.165, 1.54) is 0 Å². The van der Waals surface area contributed by atoms with Crippen LogP contribution in [0.15, 0.2) is 10.2 Å². The van der Waals surface area contributed by atoms with Gasteiger partial charge in [-0.05, 0) is 12.8 Å². The van der Waals surface area contributed by atoms with Gasteiger partial charge in [0.2, 0.25) is 0 Å². The van der Waals surface area contributed by atoms with Gasteiger partial charge in [0.1, 0.15) is 0 Å². The van der Waals surface area contributed by atoms with Gasteiger partial charge < -0.3 is 10.2 Å². The maximum atomic E-state index is 9.09. The summed E-state index contributed by atoms with van der Waals surface area (Å²) in [7, 11) is 0. The summed E-state index contributed by atoms with van der Waals surface area (Å²) >= 11 is 0. The topological polar surface area (TPSA) is 65.2 Å². The van der Waals surface area contributed by atoms with E-state index in [0.717, 1.165) is 12.8 Å². The minimum absolute atomic E-state index is 0.600. The highest BCUT2D eigenvalue weighted by molar-refractivity contribution is 4.50. The van der Waals surface area contributed by atoms with Gasteiger partial charge in [0, 0.05) is 0 Å². The molecule has 0 aromatic carbocycles. The van der Waals surface area contributed by atoms with Crippen molar-refractivity contribution in [1.82, 2.24) is 0 Å². The van der Waals surface area contributed by atoms with Crippen molar-refractivity contribution in [3.05, 3.63) is 0 Å². The lowest BCUT2D eigenvalue weighted by Crippen LogP contribution is -2.05. The lowest BCUT2D eigenvalue weighted by molar-refractivity contribution is 0.129. The molecule has 0 saturated heterocycles. The molecule has 0 aliphatic heterocycles. The van der Waals surface area contributed by atoms with Crippen molar-refractivity contribution in [3.8, 4) is 0 Å². The van der Waals surface area contributed by atoms with E-state index in [1.807, 2.05) is 13.8 Å². The van der Waals surface area contributed by atoms with Crippen molar-refractivity contribution >= 4 is 0 Å². The van der Waals surface area contributed by atoms with Crippen molar-refractivity contribution in [2.45, 2.75) is 52.0 Å². The lowest BCUT2D eigenvalue weighted by Gasteiger charge is -2.03. The summed E-state index contributed by atoms with van der Waals surface area (Å²) in [6.07, 6.45) is 1.43. The van der Waals surface area contributed by atoms with Crippen molar-refractivity contribution in [1.29, 1.82) is 0 Å². The molecule has 4 heteroatoms. The highest BCUT2D eigenvalue weighted by atomic mass is 16.3. The van der Waals surface area contributed by atoms with Crippen LogP contribution < -0.4 is 0 Å². The molecule has 0 heterocycles. The first-order chi connectivity index (χ1) is 5.70. The molecule has 2 atom stereocenters. The highest BCUT2D eigenvalue weighted by Crippen LogP contribution is 2.02. The summed E-state index contributed by atoms with van der Waals surface area (Å²) in [5.41, 5.74) is 0. The van der Waals surface area contributed by atoms with Gasteiger partial charge >= 0.3 is 0 Å². The van der Waals surface area contributed by atoms with Gasteiger partial charge in [-0.1, -0.05) is 26.7 Å². The van der Waals surface area contributed by atoms with Gasteiger partial charge in [0.15, 0.2) is 12.5 Å². The van der Waals surface area contributed by atoms with Crippen LogP contribution in [0.4, 0.5) is 0 Å². The minimum atomic E-state index is -0.749. The molecule has 0 amide bonds. The molecular formula is C8H18N2O2. The molecule has 0 radical (unpaired) electrons. The zero-order valence-corrected chi connectivity index (χ0v) is 7.77. The molecule has 0 fully saturated rings. The Kier molecular flexibility index (Phi) is 6.90. The number of hydrogen-bond acceptors (Lipinski definition) is 4. The van der Waals surface area contributed by atoms with Crippen LogP contribution in [-0.2, 0) is 0 Å². The monoisotopic (exact) mass is 174 g/mol. The SMILES string of the molecule is CCCC(O)/N=N/C(O)CCC. The number of aliphatic hydroxyl groups is 2. The predicted molar refractivity (Wildman–Crippen MR) is 46.7 cm³/mol. The van der Waals surface area contributed by atoms with E-state index in [1.54, 1.807) is 0 Å². The second kappa shape index (κ2) is 7.18. The van der Waals surface area contributed by atoms with Crippen LogP contribution in [-0.4, -0.2) is 22.7 Å². The zero-order valence-electron chi connectivity index (χ0n) is 7.77. The molecule has 0 bridgehead atoms. The average molecular weight is 174 g/mol. The molecule has 0 saturated carbocycles. The van der Waals surface area contributed by atoms with Crippen LogP contribution in [0.2, 0.25) is 0 Å². The summed E-state index contributed by atoms with van der Waals surface area (Å²) in [5.74, 6) is 0. The second-order valence-electron chi connectivity index (χ2n) is 2.77. The van der Waals surface area contributed by atoms with Crippen LogP contribution in [0.1, 0.15) is 39.5 Å². The fraction of sp³-hybridized carbons (Fsp3) is 1.00. The summed E-state index contributed by atoms with van der Waals surface area (Å²) < 4.78 is 0. The van der Waals surface area contributed by atoms with E-state index in [0.29, 0.717) is 12.8 Å². The number of aliphatic hydroxyl groups excluding tert-OH is 2. The quantitative estimate of drug-likeness (QED) is 0.601. The van der Waals surface area contributed by atoms with E-state index >= 15 is 0 Å². The molecular weight excluding hydrogens is 156 g/mol. The van der Waals surface area contributed by atoms with E-state index in [-0.39, 0.29) is 0 Å². The van der Waals surface area contributed by atoms with Crippen LogP contribution in [0.25, 0.3) is 0 Å². The zero-order chi connectivity index (χ0) is 9.40. The highest BCUT2D eigenvalue weighted by Gasteiger charge is 2.01. The molecule has 4 nitrogen and oxygen atoms in total. The molecule has 72 valence electrons. The molecule has 0 spiro atoms. The largest absolute Gasteiger partial charge is 0.370 e. The minimum Gasteiger partial charge on any atom is -0.370 e. The van der Waals surface area contributed by atoms with Crippen LogP contribution in [0.3, 0.4) is 0 Å². The van der Waals surface area contributed by atoms with E-state index in [4.69, 9.17) is 10.2 Å². The Morgan fingerprint density at radius 2 is 1.25 bits per heavy atom. The summed E-state index contributed by atoms with van der Waals surface area (Å²) in [6, 6.07) is 0. The number of azo groups is 1. The summed E-state index contributed by atoms with van der Waals surface area (Å²) in [6.45, 7) is 3.92. The molecule has 0 aliphatic carbocycles. The molecule has 0 rings (SSSR count). The van der Waals surface area contributed by atoms with Crippen LogP contribution in [0.5, 0.6) is 0 Å². The Hall–Kier alpha value is -0.480. The smallest absolute Gasteiger partial charge is 0.165 e. The number of rotatable bonds is 6. The molecule has 12 heavy (non-hydrogen) atoms. The van der Waals surface area contributed by atoms with Crippen molar-refractivity contribution in [3.63, 3.8) is 0 Å². The normalized spacial score (nSPS) is 16.7. The Labute approximate surface area is 73.3 Å². The maximum Gasteiger partial charge on any atom is 0.165 e. The van der Waals surface area contributed by atoms with Crippen molar-refractivity contribution in [2.24, 2.45) is 10.2 Å². The first kappa shape index (κ1) is 11.5. The first-order valence-corrected chi connectivity index (χ1v) is 4.46.